The lowest BCUT2D eigenvalue weighted by Crippen LogP contribution is -2.08. The third kappa shape index (κ3) is 3.59. The maximum atomic E-state index is 12.5. The smallest absolute Gasteiger partial charge is 0.343 e. The number of ketones is 1. The first-order chi connectivity index (χ1) is 13.1. The van der Waals surface area contributed by atoms with Crippen molar-refractivity contribution in [3.8, 4) is 11.5 Å². The van der Waals surface area contributed by atoms with Crippen LogP contribution in [-0.4, -0.2) is 16.7 Å². The molecule has 132 valence electrons. The summed E-state index contributed by atoms with van der Waals surface area (Å²) in [4.78, 5) is 28.5. The van der Waals surface area contributed by atoms with Crippen LogP contribution in [0.2, 0.25) is 5.02 Å². The highest BCUT2D eigenvalue weighted by Crippen LogP contribution is 2.35. The van der Waals surface area contributed by atoms with Gasteiger partial charge in [0.25, 0.3) is 0 Å². The number of carbonyl (C=O) groups excluding carboxylic acids is 2. The van der Waals surface area contributed by atoms with E-state index in [0.29, 0.717) is 21.9 Å². The number of aromatic nitrogens is 1. The molecule has 0 atom stereocenters. The molecule has 0 bridgehead atoms. The number of allylic oxidation sites excluding steroid dienone is 1. The van der Waals surface area contributed by atoms with Crippen molar-refractivity contribution < 1.29 is 19.1 Å². The van der Waals surface area contributed by atoms with E-state index in [9.17, 15) is 9.59 Å². The SMILES string of the molecule is O=C(Oc1ccc2c(c1)O/C(=C\c1cccc(Cl)c1)C2=O)c1ccncc1. The number of hydrogen-bond acceptors (Lipinski definition) is 5. The summed E-state index contributed by atoms with van der Waals surface area (Å²) in [5.41, 5.74) is 1.54. The Kier molecular flexibility index (Phi) is 4.44. The second kappa shape index (κ2) is 7.05. The Morgan fingerprint density at radius 1 is 1.07 bits per heavy atom. The molecule has 0 spiro atoms. The molecule has 0 N–H and O–H groups in total. The van der Waals surface area contributed by atoms with Crippen LogP contribution in [-0.2, 0) is 0 Å². The van der Waals surface area contributed by atoms with Gasteiger partial charge in [-0.05, 0) is 48.0 Å². The number of ether oxygens (including phenoxy) is 2. The number of pyridine rings is 1. The summed E-state index contributed by atoms with van der Waals surface area (Å²) in [5, 5.41) is 0.567. The van der Waals surface area contributed by atoms with Gasteiger partial charge in [0.2, 0.25) is 5.78 Å². The predicted molar refractivity (Wildman–Crippen MR) is 100 cm³/mol. The quantitative estimate of drug-likeness (QED) is 0.380. The lowest BCUT2D eigenvalue weighted by molar-refractivity contribution is 0.0734. The van der Waals surface area contributed by atoms with Crippen LogP contribution in [0.1, 0.15) is 26.3 Å². The molecule has 1 aliphatic heterocycles. The molecule has 0 unspecified atom stereocenters. The second-order valence-corrected chi connectivity index (χ2v) is 6.21. The second-order valence-electron chi connectivity index (χ2n) is 5.78. The van der Waals surface area contributed by atoms with Crippen LogP contribution in [0.5, 0.6) is 11.5 Å². The van der Waals surface area contributed by atoms with Gasteiger partial charge in [0.05, 0.1) is 11.1 Å². The van der Waals surface area contributed by atoms with Gasteiger partial charge >= 0.3 is 5.97 Å². The van der Waals surface area contributed by atoms with Gasteiger partial charge < -0.3 is 9.47 Å². The van der Waals surface area contributed by atoms with Crippen molar-refractivity contribution in [2.45, 2.75) is 0 Å². The van der Waals surface area contributed by atoms with E-state index in [2.05, 4.69) is 4.98 Å². The van der Waals surface area contributed by atoms with Gasteiger partial charge in [0.15, 0.2) is 5.76 Å². The molecule has 27 heavy (non-hydrogen) atoms. The molecule has 2 heterocycles. The summed E-state index contributed by atoms with van der Waals surface area (Å²) in [7, 11) is 0. The summed E-state index contributed by atoms with van der Waals surface area (Å²) in [6.45, 7) is 0. The van der Waals surface area contributed by atoms with Crippen molar-refractivity contribution in [1.29, 1.82) is 0 Å². The molecule has 3 aromatic rings. The third-order valence-electron chi connectivity index (χ3n) is 3.91. The fraction of sp³-hybridized carbons (Fsp3) is 0. The normalized spacial score (nSPS) is 14.0. The lowest BCUT2D eigenvalue weighted by atomic mass is 10.1. The third-order valence-corrected chi connectivity index (χ3v) is 4.15. The standard InChI is InChI=1S/C21H12ClNO4/c22-15-3-1-2-13(10-15)11-19-20(24)17-5-4-16(12-18(17)27-19)26-21(25)14-6-8-23-9-7-14/h1-12H/b19-11-. The van der Waals surface area contributed by atoms with Crippen LogP contribution in [0.4, 0.5) is 0 Å². The average Bonchev–Trinajstić information content (AvgIpc) is 2.97. The van der Waals surface area contributed by atoms with E-state index in [4.69, 9.17) is 21.1 Å². The van der Waals surface area contributed by atoms with Crippen molar-refractivity contribution in [2.75, 3.05) is 0 Å². The Morgan fingerprint density at radius 3 is 2.67 bits per heavy atom. The molecule has 5 nitrogen and oxygen atoms in total. The molecule has 0 amide bonds. The maximum absolute atomic E-state index is 12.5. The lowest BCUT2D eigenvalue weighted by Gasteiger charge is -2.05. The number of nitrogens with zero attached hydrogens (tertiary/aromatic N) is 1. The van der Waals surface area contributed by atoms with Crippen LogP contribution in [0.25, 0.3) is 6.08 Å². The molecule has 0 saturated carbocycles. The Bertz CT molecular complexity index is 1080. The maximum Gasteiger partial charge on any atom is 0.343 e. The molecular formula is C21H12ClNO4. The Morgan fingerprint density at radius 2 is 1.89 bits per heavy atom. The monoisotopic (exact) mass is 377 g/mol. The Balaban J connectivity index is 1.57. The minimum atomic E-state index is -0.517. The molecule has 2 aromatic carbocycles. The van der Waals surface area contributed by atoms with E-state index < -0.39 is 5.97 Å². The molecule has 0 aliphatic carbocycles. The topological polar surface area (TPSA) is 65.5 Å². The first-order valence-electron chi connectivity index (χ1n) is 8.06. The van der Waals surface area contributed by atoms with Gasteiger partial charge in [-0.3, -0.25) is 9.78 Å². The van der Waals surface area contributed by atoms with E-state index in [1.807, 2.05) is 6.07 Å². The number of hydrogen-bond donors (Lipinski definition) is 0. The van der Waals surface area contributed by atoms with Gasteiger partial charge in [-0.15, -0.1) is 0 Å². The van der Waals surface area contributed by atoms with Crippen molar-refractivity contribution in [2.24, 2.45) is 0 Å². The number of esters is 1. The number of Topliss-reactive ketones (excluding diaryl/α,β-unsaturated/α-hetero) is 1. The van der Waals surface area contributed by atoms with Crippen LogP contribution < -0.4 is 9.47 Å². The fourth-order valence-corrected chi connectivity index (χ4v) is 2.83. The summed E-state index contributed by atoms with van der Waals surface area (Å²) < 4.78 is 11.0. The number of benzene rings is 2. The van der Waals surface area contributed by atoms with E-state index in [1.54, 1.807) is 48.5 Å². The van der Waals surface area contributed by atoms with Gasteiger partial charge in [0.1, 0.15) is 11.5 Å². The molecule has 4 rings (SSSR count). The number of fused-ring (bicyclic) bond motifs is 1. The average molecular weight is 378 g/mol. The highest BCUT2D eigenvalue weighted by molar-refractivity contribution is 6.30. The van der Waals surface area contributed by atoms with Crippen molar-refractivity contribution in [1.82, 2.24) is 4.98 Å². The number of carbonyl (C=O) groups is 2. The predicted octanol–water partition coefficient (Wildman–Crippen LogP) is 4.57. The molecule has 0 fully saturated rings. The van der Waals surface area contributed by atoms with Crippen LogP contribution in [0.15, 0.2) is 72.8 Å². The van der Waals surface area contributed by atoms with E-state index in [1.165, 1.54) is 18.5 Å². The Labute approximate surface area is 159 Å². The number of halogens is 1. The zero-order chi connectivity index (χ0) is 18.8. The zero-order valence-electron chi connectivity index (χ0n) is 13.9. The minimum absolute atomic E-state index is 0.185. The summed E-state index contributed by atoms with van der Waals surface area (Å²) >= 11 is 5.97. The molecular weight excluding hydrogens is 366 g/mol. The van der Waals surface area contributed by atoms with Crippen LogP contribution >= 0.6 is 11.6 Å². The zero-order valence-corrected chi connectivity index (χ0v) is 14.6. The first kappa shape index (κ1) is 17.0. The first-order valence-corrected chi connectivity index (χ1v) is 8.44. The minimum Gasteiger partial charge on any atom is -0.452 e. The van der Waals surface area contributed by atoms with Crippen molar-refractivity contribution in [3.63, 3.8) is 0 Å². The highest BCUT2D eigenvalue weighted by atomic mass is 35.5. The van der Waals surface area contributed by atoms with Crippen molar-refractivity contribution >= 4 is 29.4 Å². The molecule has 1 aliphatic rings. The molecule has 1 aromatic heterocycles. The van der Waals surface area contributed by atoms with Gasteiger partial charge in [-0.2, -0.15) is 0 Å². The summed E-state index contributed by atoms with van der Waals surface area (Å²) in [5.74, 6) is 0.0545. The summed E-state index contributed by atoms with van der Waals surface area (Å²) in [6, 6.07) is 14.9. The van der Waals surface area contributed by atoms with E-state index in [-0.39, 0.29) is 17.3 Å². The largest absolute Gasteiger partial charge is 0.452 e. The van der Waals surface area contributed by atoms with Gasteiger partial charge in [0, 0.05) is 23.5 Å². The van der Waals surface area contributed by atoms with Gasteiger partial charge in [-0.1, -0.05) is 23.7 Å². The fourth-order valence-electron chi connectivity index (χ4n) is 2.63. The van der Waals surface area contributed by atoms with Crippen LogP contribution in [0.3, 0.4) is 0 Å². The Hall–Kier alpha value is -3.44. The van der Waals surface area contributed by atoms with E-state index >= 15 is 0 Å². The van der Waals surface area contributed by atoms with Gasteiger partial charge in [-0.25, -0.2) is 4.79 Å². The van der Waals surface area contributed by atoms with Crippen LogP contribution in [0, 0.1) is 0 Å². The van der Waals surface area contributed by atoms with Crippen molar-refractivity contribution in [3.05, 3.63) is 94.5 Å². The molecule has 0 saturated heterocycles. The molecule has 0 radical (unpaired) electrons. The highest BCUT2D eigenvalue weighted by Gasteiger charge is 2.28. The summed E-state index contributed by atoms with van der Waals surface area (Å²) in [6.07, 6.45) is 4.64. The number of rotatable bonds is 3. The van der Waals surface area contributed by atoms with E-state index in [0.717, 1.165) is 5.56 Å². The molecule has 6 heteroatoms.